The van der Waals surface area contributed by atoms with E-state index in [4.69, 9.17) is 9.47 Å². The maximum atomic E-state index is 12.1. The number of carbonyl (C=O) groups is 4. The van der Waals surface area contributed by atoms with Gasteiger partial charge in [-0.05, 0) is 38.5 Å². The number of carbonyl (C=O) groups excluding carboxylic acids is 4. The van der Waals surface area contributed by atoms with Gasteiger partial charge in [0.25, 0.3) is 0 Å². The van der Waals surface area contributed by atoms with Crippen molar-refractivity contribution in [2.24, 2.45) is 0 Å². The smallest absolute Gasteiger partial charge is 0.550 e. The van der Waals surface area contributed by atoms with Crippen LogP contribution in [0.1, 0.15) is 349 Å². The summed E-state index contributed by atoms with van der Waals surface area (Å²) in [5.74, 6) is -2.75. The van der Waals surface area contributed by atoms with Crippen LogP contribution >= 0.6 is 0 Å². The first-order valence-electron chi connectivity index (χ1n) is 30.0. The maximum absolute atomic E-state index is 12.1. The first kappa shape index (κ1) is 72.4. The molecule has 0 aromatic carbocycles. The molecule has 0 aromatic heterocycles. The summed E-state index contributed by atoms with van der Waals surface area (Å²) < 4.78 is 11.0. The zero-order valence-electron chi connectivity index (χ0n) is 46.5. The molecule has 69 heavy (non-hydrogen) atoms. The van der Waals surface area contributed by atoms with Crippen LogP contribution in [-0.2, 0) is 28.7 Å². The molecule has 0 aromatic rings. The van der Waals surface area contributed by atoms with Crippen LogP contribution in [-0.4, -0.2) is 73.8 Å². The molecule has 0 saturated carbocycles. The van der Waals surface area contributed by atoms with Gasteiger partial charge in [-0.15, -0.1) is 0 Å². The van der Waals surface area contributed by atoms with E-state index in [1.54, 1.807) is 0 Å². The third-order valence-electron chi connectivity index (χ3n) is 13.6. The maximum Gasteiger partial charge on any atom is 2.00 e. The van der Waals surface area contributed by atoms with Gasteiger partial charge in [-0.2, -0.15) is 0 Å². The van der Waals surface area contributed by atoms with Crippen LogP contribution in [0.3, 0.4) is 0 Å². The van der Waals surface area contributed by atoms with E-state index < -0.39 is 24.1 Å². The SMILES string of the molecule is CCCCCCCCCCCCCCCC(CC(=O)[O-])OC(=O)CCCCCCCCCCC.CCCCCCCCCCCCCCCC(CC(=O)[O-])OC(=O)CCCCCCCCCCC.[Ca+2]. The van der Waals surface area contributed by atoms with Crippen molar-refractivity contribution in [3.8, 4) is 0 Å². The molecule has 2 atom stereocenters. The molecule has 0 N–H and O–H groups in total. The minimum absolute atomic E-state index is 0. The van der Waals surface area contributed by atoms with Crippen LogP contribution in [0, 0.1) is 0 Å². The van der Waals surface area contributed by atoms with Gasteiger partial charge in [-0.1, -0.05) is 285 Å². The minimum Gasteiger partial charge on any atom is -0.550 e. The molecule has 0 fully saturated rings. The second-order valence-electron chi connectivity index (χ2n) is 20.6. The van der Waals surface area contributed by atoms with Gasteiger partial charge in [0, 0.05) is 37.6 Å². The number of carboxylic acid groups (broad SMARTS) is 2. The van der Waals surface area contributed by atoms with Crippen LogP contribution in [0.25, 0.3) is 0 Å². The number of esters is 2. The van der Waals surface area contributed by atoms with Gasteiger partial charge in [0.1, 0.15) is 12.2 Å². The van der Waals surface area contributed by atoms with E-state index in [0.29, 0.717) is 25.7 Å². The summed E-state index contributed by atoms with van der Waals surface area (Å²) in [6.45, 7) is 8.98. The van der Waals surface area contributed by atoms with Crippen molar-refractivity contribution in [2.75, 3.05) is 0 Å². The van der Waals surface area contributed by atoms with Crippen molar-refractivity contribution in [3.63, 3.8) is 0 Å². The molecule has 0 aliphatic carbocycles. The molecule has 8 nitrogen and oxygen atoms in total. The van der Waals surface area contributed by atoms with Gasteiger partial charge >= 0.3 is 49.7 Å². The van der Waals surface area contributed by atoms with Crippen LogP contribution < -0.4 is 10.2 Å². The normalized spacial score (nSPS) is 11.9. The molecule has 0 rings (SSSR count). The minimum atomic E-state index is -1.13. The molecule has 0 spiro atoms. The van der Waals surface area contributed by atoms with Crippen LogP contribution in [0.5, 0.6) is 0 Å². The van der Waals surface area contributed by atoms with Gasteiger partial charge < -0.3 is 29.3 Å². The first-order valence-corrected chi connectivity index (χ1v) is 30.0. The molecule has 0 heterocycles. The van der Waals surface area contributed by atoms with Crippen molar-refractivity contribution in [1.82, 2.24) is 0 Å². The molecular formula is C60H114CaO8. The van der Waals surface area contributed by atoms with Crippen LogP contribution in [0.15, 0.2) is 0 Å². The van der Waals surface area contributed by atoms with Gasteiger partial charge in [0.15, 0.2) is 0 Å². The van der Waals surface area contributed by atoms with Crippen LogP contribution in [0.4, 0.5) is 0 Å². The van der Waals surface area contributed by atoms with E-state index in [1.807, 2.05) is 0 Å². The molecule has 0 aliphatic rings. The fourth-order valence-corrected chi connectivity index (χ4v) is 9.21. The van der Waals surface area contributed by atoms with E-state index in [9.17, 15) is 29.4 Å². The molecule has 2 unspecified atom stereocenters. The third kappa shape index (κ3) is 63.2. The van der Waals surface area contributed by atoms with Gasteiger partial charge in [0.05, 0.1) is 0 Å². The summed E-state index contributed by atoms with van der Waals surface area (Å²) >= 11 is 0. The van der Waals surface area contributed by atoms with Crippen molar-refractivity contribution < 1.29 is 38.9 Å². The number of aliphatic carboxylic acids is 2. The number of hydrogen-bond donors (Lipinski definition) is 0. The Morgan fingerprint density at radius 1 is 0.290 bits per heavy atom. The Morgan fingerprint density at radius 2 is 0.464 bits per heavy atom. The molecule has 0 amide bonds. The number of rotatable bonds is 54. The standard InChI is InChI=1S/2C30H58O4.Ca/c2*1-3-5-7-9-11-13-14-15-16-18-19-21-23-25-28(27-29(31)32)34-30(33)26-24-22-20-17-12-10-8-6-4-2;/h2*28H,3-27H2,1-2H3,(H,31,32);/q;;+2/p-2. The topological polar surface area (TPSA) is 133 Å². The summed E-state index contributed by atoms with van der Waals surface area (Å²) in [6.07, 6.45) is 55.7. The molecule has 0 aliphatic heterocycles. The number of carboxylic acids is 2. The quantitative estimate of drug-likeness (QED) is 0.0334. The predicted molar refractivity (Wildman–Crippen MR) is 289 cm³/mol. The second kappa shape index (κ2) is 61.4. The van der Waals surface area contributed by atoms with E-state index in [2.05, 4.69) is 27.7 Å². The zero-order valence-corrected chi connectivity index (χ0v) is 48.7. The Morgan fingerprint density at radius 3 is 0.652 bits per heavy atom. The summed E-state index contributed by atoms with van der Waals surface area (Å²) in [4.78, 5) is 46.4. The summed E-state index contributed by atoms with van der Waals surface area (Å²) in [6, 6.07) is 0. The number of ether oxygens (including phenoxy) is 2. The third-order valence-corrected chi connectivity index (χ3v) is 13.6. The van der Waals surface area contributed by atoms with Gasteiger partial charge in [-0.25, -0.2) is 0 Å². The fourth-order valence-electron chi connectivity index (χ4n) is 9.21. The Hall–Kier alpha value is -0.860. The molecular weight excluding hydrogens is 889 g/mol. The number of hydrogen-bond acceptors (Lipinski definition) is 8. The van der Waals surface area contributed by atoms with Crippen LogP contribution in [0.2, 0.25) is 0 Å². The van der Waals surface area contributed by atoms with E-state index in [1.165, 1.54) is 231 Å². The molecule has 0 saturated heterocycles. The zero-order chi connectivity index (χ0) is 50.2. The van der Waals surface area contributed by atoms with Crippen molar-refractivity contribution >= 4 is 61.6 Å². The number of unbranched alkanes of at least 4 members (excludes halogenated alkanes) is 40. The van der Waals surface area contributed by atoms with Gasteiger partial charge in [-0.3, -0.25) is 9.59 Å². The Kier molecular flexibility index (Phi) is 64.5. The predicted octanol–water partition coefficient (Wildman–Crippen LogP) is 16.5. The Bertz CT molecular complexity index is 988. The van der Waals surface area contributed by atoms with Gasteiger partial charge in [0.2, 0.25) is 0 Å². The van der Waals surface area contributed by atoms with E-state index in [-0.39, 0.29) is 62.5 Å². The fraction of sp³-hybridized carbons (Fsp3) is 0.933. The average molecular weight is 1000 g/mol. The van der Waals surface area contributed by atoms with E-state index in [0.717, 1.165) is 51.4 Å². The van der Waals surface area contributed by atoms with E-state index >= 15 is 0 Å². The van der Waals surface area contributed by atoms with Crippen molar-refractivity contribution in [1.29, 1.82) is 0 Å². The summed E-state index contributed by atoms with van der Waals surface area (Å²) in [5.41, 5.74) is 0. The first-order chi connectivity index (χ1) is 33.2. The Balaban J connectivity index is -0.00000124. The Labute approximate surface area is 458 Å². The van der Waals surface area contributed by atoms with Crippen molar-refractivity contribution in [2.45, 2.75) is 361 Å². The largest absolute Gasteiger partial charge is 2.00 e. The molecule has 0 bridgehead atoms. The molecule has 404 valence electrons. The average Bonchev–Trinajstić information content (AvgIpc) is 3.30. The second-order valence-corrected chi connectivity index (χ2v) is 20.6. The summed E-state index contributed by atoms with van der Waals surface area (Å²) in [7, 11) is 0. The molecule has 9 heteroatoms. The summed E-state index contributed by atoms with van der Waals surface area (Å²) in [5, 5.41) is 22.1. The monoisotopic (exact) mass is 1000 g/mol. The van der Waals surface area contributed by atoms with Crippen molar-refractivity contribution in [3.05, 3.63) is 0 Å². The molecule has 0 radical (unpaired) electrons.